The Kier molecular flexibility index (Phi) is 4.06. The molecule has 0 bridgehead atoms. The number of aromatic nitrogens is 3. The van der Waals surface area contributed by atoms with Crippen LogP contribution in [0.25, 0.3) is 0 Å². The molecule has 96 valence electrons. The minimum atomic E-state index is -3.30. The topological polar surface area (TPSA) is 76.9 Å². The SMILES string of the molecule is O=S(=O)(Cc1ccccc1)NCCn1cncn1. The van der Waals surface area contributed by atoms with Crippen LogP contribution >= 0.6 is 0 Å². The first-order valence-corrected chi connectivity index (χ1v) is 7.15. The zero-order valence-corrected chi connectivity index (χ0v) is 10.5. The van der Waals surface area contributed by atoms with Crippen LogP contribution in [0.1, 0.15) is 5.56 Å². The number of hydrogen-bond donors (Lipinski definition) is 1. The van der Waals surface area contributed by atoms with Gasteiger partial charge in [-0.3, -0.25) is 4.68 Å². The van der Waals surface area contributed by atoms with Gasteiger partial charge in [0.2, 0.25) is 10.0 Å². The zero-order valence-electron chi connectivity index (χ0n) is 9.73. The van der Waals surface area contributed by atoms with Crippen molar-refractivity contribution >= 4 is 10.0 Å². The molecular formula is C11H14N4O2S. The van der Waals surface area contributed by atoms with Gasteiger partial charge in [0.15, 0.2) is 0 Å². The van der Waals surface area contributed by atoms with E-state index in [4.69, 9.17) is 0 Å². The fourth-order valence-corrected chi connectivity index (χ4v) is 2.64. The van der Waals surface area contributed by atoms with Crippen LogP contribution in [0.5, 0.6) is 0 Å². The lowest BCUT2D eigenvalue weighted by atomic mass is 10.2. The van der Waals surface area contributed by atoms with Crippen LogP contribution in [0.4, 0.5) is 0 Å². The van der Waals surface area contributed by atoms with Crippen molar-refractivity contribution in [2.75, 3.05) is 6.54 Å². The van der Waals surface area contributed by atoms with Crippen LogP contribution in [0.2, 0.25) is 0 Å². The maximum absolute atomic E-state index is 11.8. The van der Waals surface area contributed by atoms with Crippen molar-refractivity contribution in [3.05, 3.63) is 48.5 Å². The predicted octanol–water partition coefficient (Wildman–Crippen LogP) is 0.398. The molecule has 1 aromatic heterocycles. The van der Waals surface area contributed by atoms with Crippen molar-refractivity contribution in [2.45, 2.75) is 12.3 Å². The van der Waals surface area contributed by atoms with E-state index in [0.717, 1.165) is 5.56 Å². The van der Waals surface area contributed by atoms with Crippen molar-refractivity contribution in [2.24, 2.45) is 0 Å². The van der Waals surface area contributed by atoms with Crippen LogP contribution in [-0.2, 0) is 22.3 Å². The van der Waals surface area contributed by atoms with Gasteiger partial charge in [-0.25, -0.2) is 18.1 Å². The number of benzene rings is 1. The van der Waals surface area contributed by atoms with Gasteiger partial charge in [-0.2, -0.15) is 5.10 Å². The highest BCUT2D eigenvalue weighted by atomic mass is 32.2. The Morgan fingerprint density at radius 1 is 1.22 bits per heavy atom. The maximum atomic E-state index is 11.8. The highest BCUT2D eigenvalue weighted by Gasteiger charge is 2.10. The predicted molar refractivity (Wildman–Crippen MR) is 67.1 cm³/mol. The summed E-state index contributed by atoms with van der Waals surface area (Å²) >= 11 is 0. The molecule has 1 aromatic carbocycles. The molecular weight excluding hydrogens is 252 g/mol. The van der Waals surface area contributed by atoms with E-state index in [9.17, 15) is 8.42 Å². The summed E-state index contributed by atoms with van der Waals surface area (Å²) in [4.78, 5) is 3.78. The monoisotopic (exact) mass is 266 g/mol. The third-order valence-electron chi connectivity index (χ3n) is 2.33. The van der Waals surface area contributed by atoms with Gasteiger partial charge in [0.1, 0.15) is 12.7 Å². The van der Waals surface area contributed by atoms with E-state index in [1.54, 1.807) is 23.1 Å². The fraction of sp³-hybridized carbons (Fsp3) is 0.273. The molecule has 6 nitrogen and oxygen atoms in total. The molecule has 0 amide bonds. The van der Waals surface area contributed by atoms with Crippen LogP contribution < -0.4 is 4.72 Å². The highest BCUT2D eigenvalue weighted by Crippen LogP contribution is 2.03. The second-order valence-electron chi connectivity index (χ2n) is 3.80. The number of sulfonamides is 1. The van der Waals surface area contributed by atoms with Gasteiger partial charge in [0.25, 0.3) is 0 Å². The molecule has 0 radical (unpaired) electrons. The van der Waals surface area contributed by atoms with E-state index in [1.165, 1.54) is 6.33 Å². The highest BCUT2D eigenvalue weighted by molar-refractivity contribution is 7.88. The van der Waals surface area contributed by atoms with Crippen LogP contribution in [0.3, 0.4) is 0 Å². The van der Waals surface area contributed by atoms with E-state index in [-0.39, 0.29) is 5.75 Å². The normalized spacial score (nSPS) is 11.6. The van der Waals surface area contributed by atoms with Crippen molar-refractivity contribution in [3.8, 4) is 0 Å². The van der Waals surface area contributed by atoms with Gasteiger partial charge >= 0.3 is 0 Å². The first kappa shape index (κ1) is 12.7. The summed E-state index contributed by atoms with van der Waals surface area (Å²) in [6, 6.07) is 9.07. The fourth-order valence-electron chi connectivity index (χ4n) is 1.51. The minimum absolute atomic E-state index is 0.00873. The van der Waals surface area contributed by atoms with E-state index >= 15 is 0 Å². The van der Waals surface area contributed by atoms with Gasteiger partial charge in [-0.05, 0) is 5.56 Å². The van der Waals surface area contributed by atoms with Gasteiger partial charge in [0.05, 0.1) is 12.3 Å². The maximum Gasteiger partial charge on any atom is 0.215 e. The number of hydrogen-bond acceptors (Lipinski definition) is 4. The first-order chi connectivity index (χ1) is 8.66. The van der Waals surface area contributed by atoms with Crippen molar-refractivity contribution < 1.29 is 8.42 Å². The first-order valence-electron chi connectivity index (χ1n) is 5.49. The summed E-state index contributed by atoms with van der Waals surface area (Å²) in [6.45, 7) is 0.770. The third kappa shape index (κ3) is 3.94. The molecule has 1 N–H and O–H groups in total. The van der Waals surface area contributed by atoms with Crippen LogP contribution in [0, 0.1) is 0 Å². The molecule has 7 heteroatoms. The molecule has 0 saturated heterocycles. The van der Waals surface area contributed by atoms with Crippen LogP contribution in [0.15, 0.2) is 43.0 Å². The summed E-state index contributed by atoms with van der Waals surface area (Å²) in [6.07, 6.45) is 2.96. The molecule has 0 saturated carbocycles. The lowest BCUT2D eigenvalue weighted by molar-refractivity contribution is 0.559. The van der Waals surface area contributed by atoms with E-state index in [2.05, 4.69) is 14.8 Å². The number of rotatable bonds is 6. The summed E-state index contributed by atoms with van der Waals surface area (Å²) in [5.74, 6) is -0.00873. The molecule has 1 heterocycles. The molecule has 0 aliphatic carbocycles. The van der Waals surface area contributed by atoms with E-state index in [1.807, 2.05) is 18.2 Å². The van der Waals surface area contributed by atoms with E-state index in [0.29, 0.717) is 13.1 Å². The summed E-state index contributed by atoms with van der Waals surface area (Å²) in [5.41, 5.74) is 0.769. The molecule has 0 unspecified atom stereocenters. The number of nitrogens with zero attached hydrogens (tertiary/aromatic N) is 3. The molecule has 0 atom stereocenters. The third-order valence-corrected chi connectivity index (χ3v) is 3.69. The smallest absolute Gasteiger partial charge is 0.215 e. The zero-order chi connectivity index (χ0) is 12.8. The Morgan fingerprint density at radius 2 is 2.00 bits per heavy atom. The second kappa shape index (κ2) is 5.74. The van der Waals surface area contributed by atoms with Crippen molar-refractivity contribution in [1.29, 1.82) is 0 Å². The van der Waals surface area contributed by atoms with Crippen LogP contribution in [-0.4, -0.2) is 29.7 Å². The van der Waals surface area contributed by atoms with E-state index < -0.39 is 10.0 Å². The largest absolute Gasteiger partial charge is 0.252 e. The lowest BCUT2D eigenvalue weighted by Gasteiger charge is -2.06. The summed E-state index contributed by atoms with van der Waals surface area (Å²) in [7, 11) is -3.30. The van der Waals surface area contributed by atoms with Crippen molar-refractivity contribution in [1.82, 2.24) is 19.5 Å². The van der Waals surface area contributed by atoms with Gasteiger partial charge < -0.3 is 0 Å². The Hall–Kier alpha value is -1.73. The molecule has 0 aliphatic rings. The van der Waals surface area contributed by atoms with Gasteiger partial charge in [-0.15, -0.1) is 0 Å². The minimum Gasteiger partial charge on any atom is -0.252 e. The molecule has 18 heavy (non-hydrogen) atoms. The molecule has 2 rings (SSSR count). The van der Waals surface area contributed by atoms with Gasteiger partial charge in [0, 0.05) is 6.54 Å². The Morgan fingerprint density at radius 3 is 2.67 bits per heavy atom. The Labute approximate surface area is 106 Å². The number of nitrogens with one attached hydrogen (secondary N) is 1. The molecule has 0 fully saturated rings. The average Bonchev–Trinajstić information content (AvgIpc) is 2.82. The lowest BCUT2D eigenvalue weighted by Crippen LogP contribution is -2.28. The molecule has 2 aromatic rings. The van der Waals surface area contributed by atoms with Gasteiger partial charge in [-0.1, -0.05) is 30.3 Å². The Bertz CT molecular complexity index is 566. The summed E-state index contributed by atoms with van der Waals surface area (Å²) < 4.78 is 27.6. The van der Waals surface area contributed by atoms with Crippen molar-refractivity contribution in [3.63, 3.8) is 0 Å². The molecule has 0 aliphatic heterocycles. The standard InChI is InChI=1S/C11H14N4O2S/c16-18(17,8-11-4-2-1-3-5-11)14-6-7-15-10-12-9-13-15/h1-5,9-10,14H,6-8H2. The second-order valence-corrected chi connectivity index (χ2v) is 5.60. The Balaban J connectivity index is 1.84. The molecule has 0 spiro atoms. The quantitative estimate of drug-likeness (QED) is 0.821. The summed E-state index contributed by atoms with van der Waals surface area (Å²) in [5, 5.41) is 3.89. The average molecular weight is 266 g/mol.